The summed E-state index contributed by atoms with van der Waals surface area (Å²) in [5, 5.41) is 0. The Morgan fingerprint density at radius 2 is 1.55 bits per heavy atom. The Morgan fingerprint density at radius 1 is 0.828 bits per heavy atom. The number of rotatable bonds is 4. The van der Waals surface area contributed by atoms with Gasteiger partial charge in [-0.2, -0.15) is 0 Å². The molecule has 2 aliphatic rings. The Balaban J connectivity index is 1.91. The van der Waals surface area contributed by atoms with Crippen molar-refractivity contribution >= 4 is 23.1 Å². The normalized spacial score (nSPS) is 15.2. The molecular formula is C27H29BO. The van der Waals surface area contributed by atoms with Gasteiger partial charge in [-0.3, -0.25) is 0 Å². The molecule has 2 aliphatic heterocycles. The van der Waals surface area contributed by atoms with E-state index in [4.69, 9.17) is 4.74 Å². The molecule has 0 fully saturated rings. The molecule has 0 bridgehead atoms. The minimum atomic E-state index is 0.0801. The van der Waals surface area contributed by atoms with E-state index in [2.05, 4.69) is 82.3 Å². The zero-order valence-corrected chi connectivity index (χ0v) is 18.0. The van der Waals surface area contributed by atoms with Gasteiger partial charge in [0.2, 0.25) is 0 Å². The highest BCUT2D eigenvalue weighted by Crippen LogP contribution is 2.45. The van der Waals surface area contributed by atoms with Crippen LogP contribution < -0.4 is 21.1 Å². The molecule has 0 atom stereocenters. The summed E-state index contributed by atoms with van der Waals surface area (Å²) in [5.74, 6) is 2.06. The Hall–Kier alpha value is -2.48. The SMILES string of the molecule is CCCC1(CCC)c2ccccc2B2c3cc(C)ccc3Oc3ccc(C)c1c32. The van der Waals surface area contributed by atoms with Crippen molar-refractivity contribution in [2.75, 3.05) is 0 Å². The molecule has 0 spiro atoms. The van der Waals surface area contributed by atoms with E-state index in [9.17, 15) is 0 Å². The molecule has 0 unspecified atom stereocenters. The highest BCUT2D eigenvalue weighted by Gasteiger charge is 2.48. The maximum atomic E-state index is 6.50. The molecule has 0 saturated heterocycles. The Labute approximate surface area is 175 Å². The summed E-state index contributed by atoms with van der Waals surface area (Å²) < 4.78 is 6.50. The lowest BCUT2D eigenvalue weighted by Crippen LogP contribution is -2.63. The average molecular weight is 380 g/mol. The molecule has 29 heavy (non-hydrogen) atoms. The summed E-state index contributed by atoms with van der Waals surface area (Å²) in [6.07, 6.45) is 4.72. The molecule has 3 aromatic rings. The third-order valence-corrected chi connectivity index (χ3v) is 7.02. The first-order valence-corrected chi connectivity index (χ1v) is 11.1. The fourth-order valence-corrected chi connectivity index (χ4v) is 6.12. The zero-order chi connectivity index (χ0) is 20.2. The molecule has 146 valence electrons. The van der Waals surface area contributed by atoms with Crippen LogP contribution in [-0.4, -0.2) is 6.71 Å². The van der Waals surface area contributed by atoms with Gasteiger partial charge in [-0.15, -0.1) is 0 Å². The Kier molecular flexibility index (Phi) is 4.35. The van der Waals surface area contributed by atoms with Crippen LogP contribution in [0, 0.1) is 13.8 Å². The summed E-state index contributed by atoms with van der Waals surface area (Å²) in [6.45, 7) is 9.39. The minimum Gasteiger partial charge on any atom is -0.458 e. The van der Waals surface area contributed by atoms with Gasteiger partial charge in [0.1, 0.15) is 11.5 Å². The summed E-state index contributed by atoms with van der Waals surface area (Å²) in [7, 11) is 0. The first-order valence-electron chi connectivity index (χ1n) is 11.1. The second-order valence-corrected chi connectivity index (χ2v) is 8.91. The van der Waals surface area contributed by atoms with Gasteiger partial charge in [0.05, 0.1) is 0 Å². The zero-order valence-electron chi connectivity index (χ0n) is 18.0. The standard InChI is InChI=1S/C27H29BO/c1-5-15-27(16-6-2)20-9-7-8-10-21(20)28-22-17-18(3)11-13-23(22)29-24-14-12-19(4)25(27)26(24)28/h7-14,17H,5-6,15-16H2,1-4H3. The van der Waals surface area contributed by atoms with Crippen LogP contribution in [0.4, 0.5) is 0 Å². The van der Waals surface area contributed by atoms with Gasteiger partial charge in [0.25, 0.3) is 6.71 Å². The van der Waals surface area contributed by atoms with Gasteiger partial charge in [-0.1, -0.05) is 80.2 Å². The van der Waals surface area contributed by atoms with Gasteiger partial charge in [0, 0.05) is 5.41 Å². The van der Waals surface area contributed by atoms with Gasteiger partial charge >= 0.3 is 0 Å². The van der Waals surface area contributed by atoms with Crippen LogP contribution >= 0.6 is 0 Å². The monoisotopic (exact) mass is 380 g/mol. The molecule has 0 radical (unpaired) electrons. The van der Waals surface area contributed by atoms with E-state index < -0.39 is 0 Å². The van der Waals surface area contributed by atoms with Crippen molar-refractivity contribution in [3.05, 3.63) is 76.9 Å². The van der Waals surface area contributed by atoms with Gasteiger partial charge in [-0.05, 0) is 66.4 Å². The molecule has 0 amide bonds. The number of hydrogen-bond donors (Lipinski definition) is 0. The number of fused-ring (bicyclic) bond motifs is 4. The van der Waals surface area contributed by atoms with Crippen molar-refractivity contribution in [1.29, 1.82) is 0 Å². The van der Waals surface area contributed by atoms with Crippen molar-refractivity contribution in [2.24, 2.45) is 0 Å². The van der Waals surface area contributed by atoms with Crippen molar-refractivity contribution in [2.45, 2.75) is 58.8 Å². The molecule has 0 aliphatic carbocycles. The van der Waals surface area contributed by atoms with E-state index in [1.807, 2.05) is 0 Å². The molecule has 5 rings (SSSR count). The van der Waals surface area contributed by atoms with Crippen LogP contribution in [-0.2, 0) is 5.41 Å². The minimum absolute atomic E-state index is 0.0801. The second-order valence-electron chi connectivity index (χ2n) is 8.91. The lowest BCUT2D eigenvalue weighted by molar-refractivity contribution is 0.422. The molecule has 3 aromatic carbocycles. The van der Waals surface area contributed by atoms with E-state index in [1.165, 1.54) is 64.3 Å². The van der Waals surface area contributed by atoms with Gasteiger partial charge in [0.15, 0.2) is 0 Å². The van der Waals surface area contributed by atoms with E-state index in [0.717, 1.165) is 11.5 Å². The van der Waals surface area contributed by atoms with Crippen molar-refractivity contribution < 1.29 is 4.74 Å². The highest BCUT2D eigenvalue weighted by atomic mass is 16.5. The maximum Gasteiger partial charge on any atom is 0.251 e. The number of aryl methyl sites for hydroxylation is 2. The third kappa shape index (κ3) is 2.54. The van der Waals surface area contributed by atoms with Crippen molar-refractivity contribution in [3.63, 3.8) is 0 Å². The second kappa shape index (κ2) is 6.80. The molecule has 2 heterocycles. The Morgan fingerprint density at radius 3 is 2.31 bits per heavy atom. The summed E-state index contributed by atoms with van der Waals surface area (Å²) >= 11 is 0. The lowest BCUT2D eigenvalue weighted by atomic mass is 9.30. The van der Waals surface area contributed by atoms with Crippen molar-refractivity contribution in [1.82, 2.24) is 0 Å². The van der Waals surface area contributed by atoms with E-state index in [1.54, 1.807) is 0 Å². The van der Waals surface area contributed by atoms with E-state index in [0.29, 0.717) is 0 Å². The van der Waals surface area contributed by atoms with Crippen LogP contribution in [0.3, 0.4) is 0 Å². The van der Waals surface area contributed by atoms with Gasteiger partial charge in [-0.25, -0.2) is 0 Å². The summed E-state index contributed by atoms with van der Waals surface area (Å²) in [5.41, 5.74) is 10.1. The van der Waals surface area contributed by atoms with E-state index >= 15 is 0 Å². The first kappa shape index (κ1) is 18.5. The number of benzene rings is 3. The highest BCUT2D eigenvalue weighted by molar-refractivity contribution is 6.98. The quantitative estimate of drug-likeness (QED) is 0.446. The largest absolute Gasteiger partial charge is 0.458 e. The summed E-state index contributed by atoms with van der Waals surface area (Å²) in [6, 6.07) is 20.3. The van der Waals surface area contributed by atoms with Crippen molar-refractivity contribution in [3.8, 4) is 11.5 Å². The molecule has 2 heteroatoms. The molecule has 0 aromatic heterocycles. The van der Waals surface area contributed by atoms with Gasteiger partial charge < -0.3 is 4.74 Å². The third-order valence-electron chi connectivity index (χ3n) is 7.02. The first-order chi connectivity index (χ1) is 14.1. The lowest BCUT2D eigenvalue weighted by Gasteiger charge is -2.46. The average Bonchev–Trinajstić information content (AvgIpc) is 2.72. The predicted molar refractivity (Wildman–Crippen MR) is 124 cm³/mol. The molecular weight excluding hydrogens is 351 g/mol. The molecule has 0 N–H and O–H groups in total. The maximum absolute atomic E-state index is 6.50. The number of hydrogen-bond acceptors (Lipinski definition) is 1. The van der Waals surface area contributed by atoms with Crippen LogP contribution in [0.25, 0.3) is 0 Å². The van der Waals surface area contributed by atoms with Crippen LogP contribution in [0.15, 0.2) is 54.6 Å². The smallest absolute Gasteiger partial charge is 0.251 e. The predicted octanol–water partition coefficient (Wildman–Crippen LogP) is 5.13. The van der Waals surface area contributed by atoms with Crippen LogP contribution in [0.5, 0.6) is 11.5 Å². The number of ether oxygens (including phenoxy) is 1. The topological polar surface area (TPSA) is 9.23 Å². The molecule has 1 nitrogen and oxygen atoms in total. The van der Waals surface area contributed by atoms with Crippen LogP contribution in [0.1, 0.15) is 61.8 Å². The fourth-order valence-electron chi connectivity index (χ4n) is 6.12. The fraction of sp³-hybridized carbons (Fsp3) is 0.333. The van der Waals surface area contributed by atoms with Crippen LogP contribution in [0.2, 0.25) is 0 Å². The summed E-state index contributed by atoms with van der Waals surface area (Å²) in [4.78, 5) is 0. The van der Waals surface area contributed by atoms with E-state index in [-0.39, 0.29) is 12.1 Å². The molecule has 0 saturated carbocycles. The Bertz CT molecular complexity index is 1090.